The Morgan fingerprint density at radius 1 is 1.03 bits per heavy atom. The van der Waals surface area contributed by atoms with Crippen LogP contribution in [0.3, 0.4) is 0 Å². The molecule has 1 aromatic heterocycles. The van der Waals surface area contributed by atoms with E-state index in [1.807, 2.05) is 68.4 Å². The van der Waals surface area contributed by atoms with Crippen LogP contribution in [0.5, 0.6) is 5.75 Å². The van der Waals surface area contributed by atoms with Crippen LogP contribution in [0.1, 0.15) is 41.9 Å². The van der Waals surface area contributed by atoms with Gasteiger partial charge in [0, 0.05) is 23.6 Å². The van der Waals surface area contributed by atoms with Gasteiger partial charge in [0.25, 0.3) is 0 Å². The predicted octanol–water partition coefficient (Wildman–Crippen LogP) is 4.60. The molecule has 0 bridgehead atoms. The van der Waals surface area contributed by atoms with E-state index in [0.717, 1.165) is 34.0 Å². The lowest BCUT2D eigenvalue weighted by Crippen LogP contribution is -2.38. The highest BCUT2D eigenvalue weighted by atomic mass is 16.5. The highest BCUT2D eigenvalue weighted by Crippen LogP contribution is 2.23. The predicted molar refractivity (Wildman–Crippen MR) is 128 cm³/mol. The molecular formula is C26H31N3O4. The number of amides is 2. The summed E-state index contributed by atoms with van der Waals surface area (Å²) < 4.78 is 12.5. The molecule has 2 N–H and O–H groups in total. The molecule has 2 aromatic carbocycles. The maximum atomic E-state index is 12.7. The molecule has 0 saturated heterocycles. The van der Waals surface area contributed by atoms with E-state index in [0.29, 0.717) is 13.2 Å². The number of carbonyl (C=O) groups is 2. The highest BCUT2D eigenvalue weighted by molar-refractivity contribution is 5.76. The normalized spacial score (nSPS) is 11.5. The molecule has 3 rings (SSSR count). The molecule has 7 heteroatoms. The zero-order valence-electron chi connectivity index (χ0n) is 19.6. The van der Waals surface area contributed by atoms with Gasteiger partial charge in [0.05, 0.1) is 26.2 Å². The van der Waals surface area contributed by atoms with E-state index in [1.165, 1.54) is 0 Å². The van der Waals surface area contributed by atoms with Crippen LogP contribution in [0.2, 0.25) is 0 Å². The van der Waals surface area contributed by atoms with E-state index in [1.54, 1.807) is 14.0 Å². The molecule has 0 spiro atoms. The smallest absolute Gasteiger partial charge is 0.315 e. The fraction of sp³-hybridized carbons (Fsp3) is 0.308. The van der Waals surface area contributed by atoms with E-state index < -0.39 is 6.04 Å². The number of benzene rings is 2. The SMILES string of the molecule is CCOC(=O)C[C@H](NC(=O)NCc1cc(C)n(-c2ccc(OC)cc2)c1C)c1ccccc1. The van der Waals surface area contributed by atoms with E-state index in [4.69, 9.17) is 9.47 Å². The summed E-state index contributed by atoms with van der Waals surface area (Å²) >= 11 is 0. The minimum atomic E-state index is -0.475. The van der Waals surface area contributed by atoms with Crippen LogP contribution >= 0.6 is 0 Å². The summed E-state index contributed by atoms with van der Waals surface area (Å²) in [7, 11) is 1.64. The Kier molecular flexibility index (Phi) is 8.13. The van der Waals surface area contributed by atoms with Gasteiger partial charge in [0.2, 0.25) is 0 Å². The average molecular weight is 450 g/mol. The minimum Gasteiger partial charge on any atom is -0.497 e. The van der Waals surface area contributed by atoms with Crippen LogP contribution in [0.15, 0.2) is 60.7 Å². The zero-order chi connectivity index (χ0) is 23.8. The fourth-order valence-electron chi connectivity index (χ4n) is 3.85. The van der Waals surface area contributed by atoms with Crippen molar-refractivity contribution in [1.82, 2.24) is 15.2 Å². The van der Waals surface area contributed by atoms with Gasteiger partial charge < -0.3 is 24.7 Å². The van der Waals surface area contributed by atoms with Gasteiger partial charge in [-0.15, -0.1) is 0 Å². The second-order valence-corrected chi connectivity index (χ2v) is 7.73. The van der Waals surface area contributed by atoms with Crippen molar-refractivity contribution in [2.24, 2.45) is 0 Å². The topological polar surface area (TPSA) is 81.6 Å². The average Bonchev–Trinajstić information content (AvgIpc) is 3.11. The lowest BCUT2D eigenvalue weighted by atomic mass is 10.0. The molecule has 3 aromatic rings. The largest absolute Gasteiger partial charge is 0.497 e. The van der Waals surface area contributed by atoms with Crippen LogP contribution in [-0.4, -0.2) is 30.3 Å². The Bertz CT molecular complexity index is 1070. The molecular weight excluding hydrogens is 418 g/mol. The molecule has 2 amide bonds. The Morgan fingerprint density at radius 2 is 1.73 bits per heavy atom. The maximum absolute atomic E-state index is 12.7. The monoisotopic (exact) mass is 449 g/mol. The van der Waals surface area contributed by atoms with E-state index in [-0.39, 0.29) is 18.4 Å². The molecule has 7 nitrogen and oxygen atoms in total. The first-order valence-corrected chi connectivity index (χ1v) is 11.0. The first-order chi connectivity index (χ1) is 15.9. The Morgan fingerprint density at radius 3 is 2.36 bits per heavy atom. The van der Waals surface area contributed by atoms with Gasteiger partial charge in [0.1, 0.15) is 5.75 Å². The van der Waals surface area contributed by atoms with Crippen molar-refractivity contribution >= 4 is 12.0 Å². The zero-order valence-corrected chi connectivity index (χ0v) is 19.6. The van der Waals surface area contributed by atoms with Crippen molar-refractivity contribution in [2.45, 2.75) is 39.8 Å². The number of carbonyl (C=O) groups excluding carboxylic acids is 2. The summed E-state index contributed by atoms with van der Waals surface area (Å²) in [5.74, 6) is 0.449. The molecule has 174 valence electrons. The van der Waals surface area contributed by atoms with Crippen molar-refractivity contribution < 1.29 is 19.1 Å². The maximum Gasteiger partial charge on any atom is 0.315 e. The van der Waals surface area contributed by atoms with Crippen molar-refractivity contribution in [3.05, 3.63) is 83.2 Å². The molecule has 0 aliphatic carbocycles. The summed E-state index contributed by atoms with van der Waals surface area (Å²) in [5, 5.41) is 5.83. The van der Waals surface area contributed by atoms with Crippen molar-refractivity contribution in [1.29, 1.82) is 0 Å². The van der Waals surface area contributed by atoms with E-state index in [2.05, 4.69) is 21.3 Å². The number of hydrogen-bond acceptors (Lipinski definition) is 4. The van der Waals surface area contributed by atoms with Crippen molar-refractivity contribution in [2.75, 3.05) is 13.7 Å². The van der Waals surface area contributed by atoms with Crippen molar-refractivity contribution in [3.8, 4) is 11.4 Å². The summed E-state index contributed by atoms with van der Waals surface area (Å²) in [4.78, 5) is 24.7. The number of nitrogens with one attached hydrogen (secondary N) is 2. The molecule has 0 aliphatic rings. The molecule has 1 heterocycles. The number of ether oxygens (including phenoxy) is 2. The quantitative estimate of drug-likeness (QED) is 0.468. The summed E-state index contributed by atoms with van der Waals surface area (Å²) in [6.07, 6.45) is 0.0667. The number of nitrogens with zero attached hydrogens (tertiary/aromatic N) is 1. The first kappa shape index (κ1) is 23.9. The van der Waals surface area contributed by atoms with Crippen LogP contribution in [0.25, 0.3) is 5.69 Å². The number of hydrogen-bond donors (Lipinski definition) is 2. The highest BCUT2D eigenvalue weighted by Gasteiger charge is 2.19. The summed E-state index contributed by atoms with van der Waals surface area (Å²) in [6.45, 7) is 6.49. The standard InChI is InChI=1S/C26H31N3O4/c1-5-33-25(30)16-24(20-9-7-6-8-10-20)28-26(31)27-17-21-15-18(2)29(19(21)3)22-11-13-23(32-4)14-12-22/h6-15,24H,5,16-17H2,1-4H3,(H2,27,28,31)/t24-/m0/s1. The van der Waals surface area contributed by atoms with Gasteiger partial charge in [-0.05, 0) is 62.2 Å². The second kappa shape index (κ2) is 11.2. The number of esters is 1. The molecule has 33 heavy (non-hydrogen) atoms. The lowest BCUT2D eigenvalue weighted by Gasteiger charge is -2.19. The van der Waals surface area contributed by atoms with Crippen LogP contribution in [0.4, 0.5) is 4.79 Å². The van der Waals surface area contributed by atoms with Crippen LogP contribution < -0.4 is 15.4 Å². The molecule has 1 atom stereocenters. The van der Waals surface area contributed by atoms with Crippen LogP contribution in [0, 0.1) is 13.8 Å². The lowest BCUT2D eigenvalue weighted by molar-refractivity contribution is -0.143. The van der Waals surface area contributed by atoms with Gasteiger partial charge in [-0.2, -0.15) is 0 Å². The molecule has 0 fully saturated rings. The number of urea groups is 1. The summed E-state index contributed by atoms with van der Waals surface area (Å²) in [5.41, 5.74) is 5.00. The van der Waals surface area contributed by atoms with Gasteiger partial charge in [-0.1, -0.05) is 30.3 Å². The molecule has 0 unspecified atom stereocenters. The van der Waals surface area contributed by atoms with E-state index >= 15 is 0 Å². The number of aryl methyl sites for hydroxylation is 1. The Balaban J connectivity index is 1.68. The number of methoxy groups -OCH3 is 1. The first-order valence-electron chi connectivity index (χ1n) is 11.0. The van der Waals surface area contributed by atoms with Crippen molar-refractivity contribution in [3.63, 3.8) is 0 Å². The minimum absolute atomic E-state index is 0.0667. The summed E-state index contributed by atoms with van der Waals surface area (Å²) in [6, 6.07) is 18.5. The van der Waals surface area contributed by atoms with E-state index in [9.17, 15) is 9.59 Å². The molecule has 0 radical (unpaired) electrons. The van der Waals surface area contributed by atoms with Gasteiger partial charge >= 0.3 is 12.0 Å². The van der Waals surface area contributed by atoms with Gasteiger partial charge in [0.15, 0.2) is 0 Å². The fourth-order valence-corrected chi connectivity index (χ4v) is 3.85. The third-order valence-electron chi connectivity index (χ3n) is 5.49. The molecule has 0 aliphatic heterocycles. The second-order valence-electron chi connectivity index (χ2n) is 7.73. The third-order valence-corrected chi connectivity index (χ3v) is 5.49. The number of rotatable bonds is 9. The third kappa shape index (κ3) is 6.16. The van der Waals surface area contributed by atoms with Gasteiger partial charge in [-0.25, -0.2) is 4.79 Å². The Labute approximate surface area is 194 Å². The molecule has 0 saturated carbocycles. The van der Waals surface area contributed by atoms with Crippen LogP contribution in [-0.2, 0) is 16.1 Å². The number of aromatic nitrogens is 1. The Hall–Kier alpha value is -3.74. The van der Waals surface area contributed by atoms with Gasteiger partial charge in [-0.3, -0.25) is 4.79 Å².